The van der Waals surface area contributed by atoms with E-state index in [0.29, 0.717) is 35.1 Å². The minimum Gasteiger partial charge on any atom is -0.299 e. The van der Waals surface area contributed by atoms with Crippen molar-refractivity contribution in [2.75, 3.05) is 0 Å². The number of pyridine rings is 2. The predicted molar refractivity (Wildman–Crippen MR) is 121 cm³/mol. The molecule has 0 saturated heterocycles. The summed E-state index contributed by atoms with van der Waals surface area (Å²) < 4.78 is 13.9. The van der Waals surface area contributed by atoms with Gasteiger partial charge in [0.1, 0.15) is 11.6 Å². The molecule has 2 fully saturated rings. The van der Waals surface area contributed by atoms with Gasteiger partial charge in [-0.3, -0.25) is 14.8 Å². The van der Waals surface area contributed by atoms with Gasteiger partial charge in [-0.2, -0.15) is 0 Å². The second-order valence-electron chi connectivity index (χ2n) is 9.38. The lowest BCUT2D eigenvalue weighted by atomic mass is 9.83. The number of hydrogen-bond acceptors (Lipinski definition) is 3. The van der Waals surface area contributed by atoms with Crippen LogP contribution in [0.15, 0.2) is 48.8 Å². The van der Waals surface area contributed by atoms with E-state index in [0.717, 1.165) is 42.3 Å². The van der Waals surface area contributed by atoms with E-state index in [-0.39, 0.29) is 17.5 Å². The molecule has 160 valence electrons. The first-order valence-corrected chi connectivity index (χ1v) is 11.5. The molecular formula is C26H26ClFN2O. The van der Waals surface area contributed by atoms with Gasteiger partial charge in [-0.25, -0.2) is 4.39 Å². The van der Waals surface area contributed by atoms with Gasteiger partial charge in [0, 0.05) is 35.8 Å². The lowest BCUT2D eigenvalue weighted by Crippen LogP contribution is -2.22. The van der Waals surface area contributed by atoms with Crippen molar-refractivity contribution in [3.05, 3.63) is 70.9 Å². The van der Waals surface area contributed by atoms with Crippen LogP contribution in [0.3, 0.4) is 0 Å². The number of carbonyl (C=O) groups excluding carboxylic acids is 1. The third kappa shape index (κ3) is 4.10. The number of halogens is 2. The fourth-order valence-electron chi connectivity index (χ4n) is 5.93. The maximum atomic E-state index is 13.9. The van der Waals surface area contributed by atoms with Gasteiger partial charge in [-0.15, -0.1) is 0 Å². The van der Waals surface area contributed by atoms with Crippen LogP contribution in [0.5, 0.6) is 0 Å². The van der Waals surface area contributed by atoms with Crippen LogP contribution in [0.1, 0.15) is 49.8 Å². The van der Waals surface area contributed by atoms with Crippen LogP contribution >= 0.6 is 11.6 Å². The van der Waals surface area contributed by atoms with Crippen molar-refractivity contribution in [3.63, 3.8) is 0 Å². The van der Waals surface area contributed by atoms with Gasteiger partial charge in [-0.1, -0.05) is 18.5 Å². The van der Waals surface area contributed by atoms with Crippen molar-refractivity contribution < 1.29 is 9.18 Å². The molecule has 5 rings (SSSR count). The molecule has 3 aromatic rings. The molecule has 2 aliphatic rings. The first-order chi connectivity index (χ1) is 15.0. The Labute approximate surface area is 187 Å². The second kappa shape index (κ2) is 8.31. The minimum atomic E-state index is -0.206. The van der Waals surface area contributed by atoms with E-state index in [1.807, 2.05) is 12.3 Å². The molecule has 2 saturated carbocycles. The number of aromatic nitrogens is 2. The molecule has 5 atom stereocenters. The summed E-state index contributed by atoms with van der Waals surface area (Å²) in [5, 5.41) is 1.54. The van der Waals surface area contributed by atoms with Gasteiger partial charge in [0.2, 0.25) is 0 Å². The van der Waals surface area contributed by atoms with Gasteiger partial charge in [0.05, 0.1) is 10.5 Å². The number of ketones is 1. The summed E-state index contributed by atoms with van der Waals surface area (Å²) in [5.74, 6) is 2.31. The highest BCUT2D eigenvalue weighted by Gasteiger charge is 2.44. The van der Waals surface area contributed by atoms with Crippen LogP contribution in [-0.4, -0.2) is 15.8 Å². The highest BCUT2D eigenvalue weighted by molar-refractivity contribution is 6.30. The number of fused-ring (bicyclic) bond motifs is 2. The monoisotopic (exact) mass is 436 g/mol. The zero-order valence-corrected chi connectivity index (χ0v) is 18.4. The fraction of sp³-hybridized carbons (Fsp3) is 0.423. The molecule has 1 aromatic carbocycles. The molecule has 2 unspecified atom stereocenters. The molecule has 0 radical (unpaired) electrons. The standard InChI is InChI=1S/C26H26ClFN2O/c1-15(26(31)13-22-4-2-20(27)14-30-22)16-8-17-10-19(11-18(17)9-16)23-6-7-29-25-5-3-21(28)12-24(23)25/h2-7,12,14-19H,8-11,13H2,1H3/t15-,16?,17-,18+,19?/m1/s1. The Morgan fingerprint density at radius 3 is 2.58 bits per heavy atom. The van der Waals surface area contributed by atoms with Crippen molar-refractivity contribution in [1.82, 2.24) is 9.97 Å². The molecule has 0 spiro atoms. The Hall–Kier alpha value is -2.33. The molecule has 2 heterocycles. The molecule has 5 heteroatoms. The predicted octanol–water partition coefficient (Wildman–Crippen LogP) is 6.39. The summed E-state index contributed by atoms with van der Waals surface area (Å²) in [6, 6.07) is 10.6. The quantitative estimate of drug-likeness (QED) is 0.465. The van der Waals surface area contributed by atoms with Gasteiger partial charge >= 0.3 is 0 Å². The van der Waals surface area contributed by atoms with Gasteiger partial charge in [0.15, 0.2) is 0 Å². The Balaban J connectivity index is 1.24. The van der Waals surface area contributed by atoms with Gasteiger partial charge < -0.3 is 0 Å². The first kappa shape index (κ1) is 20.6. The smallest absolute Gasteiger partial charge is 0.141 e. The summed E-state index contributed by atoms with van der Waals surface area (Å²) in [6.07, 6.45) is 8.29. The normalized spacial score (nSPS) is 26.2. The Morgan fingerprint density at radius 1 is 1.10 bits per heavy atom. The Morgan fingerprint density at radius 2 is 1.87 bits per heavy atom. The topological polar surface area (TPSA) is 42.9 Å². The Kier molecular flexibility index (Phi) is 5.51. The highest BCUT2D eigenvalue weighted by Crippen LogP contribution is 2.54. The number of hydrogen-bond donors (Lipinski definition) is 0. The molecule has 2 aromatic heterocycles. The lowest BCUT2D eigenvalue weighted by Gasteiger charge is -2.21. The van der Waals surface area contributed by atoms with Crippen LogP contribution in [0.25, 0.3) is 10.9 Å². The van der Waals surface area contributed by atoms with E-state index in [9.17, 15) is 9.18 Å². The third-order valence-electron chi connectivity index (χ3n) is 7.59. The zero-order chi connectivity index (χ0) is 21.5. The first-order valence-electron chi connectivity index (χ1n) is 11.1. The molecular weight excluding hydrogens is 411 g/mol. The largest absolute Gasteiger partial charge is 0.299 e. The van der Waals surface area contributed by atoms with Crippen molar-refractivity contribution in [3.8, 4) is 0 Å². The van der Waals surface area contributed by atoms with E-state index < -0.39 is 0 Å². The molecule has 0 bridgehead atoms. The van der Waals surface area contributed by atoms with Crippen molar-refractivity contribution in [2.24, 2.45) is 23.7 Å². The third-order valence-corrected chi connectivity index (χ3v) is 7.81. The molecule has 2 aliphatic carbocycles. The van der Waals surface area contributed by atoms with Crippen molar-refractivity contribution in [1.29, 1.82) is 0 Å². The van der Waals surface area contributed by atoms with Crippen LogP contribution in [-0.2, 0) is 11.2 Å². The van der Waals surface area contributed by atoms with Crippen molar-refractivity contribution in [2.45, 2.75) is 44.9 Å². The summed E-state index contributed by atoms with van der Waals surface area (Å²) in [7, 11) is 0. The maximum absolute atomic E-state index is 13.9. The molecule has 0 aliphatic heterocycles. The van der Waals surface area contributed by atoms with Crippen molar-refractivity contribution >= 4 is 28.3 Å². The summed E-state index contributed by atoms with van der Waals surface area (Å²) in [5.41, 5.74) is 2.88. The van der Waals surface area contributed by atoms with Crippen LogP contribution in [0, 0.1) is 29.5 Å². The van der Waals surface area contributed by atoms with Gasteiger partial charge in [-0.05, 0) is 91.3 Å². The van der Waals surface area contributed by atoms with Crippen LogP contribution < -0.4 is 0 Å². The summed E-state index contributed by atoms with van der Waals surface area (Å²) in [4.78, 5) is 21.5. The fourth-order valence-corrected chi connectivity index (χ4v) is 6.05. The lowest BCUT2D eigenvalue weighted by molar-refractivity contribution is -0.123. The average Bonchev–Trinajstić information content (AvgIpc) is 3.33. The zero-order valence-electron chi connectivity index (χ0n) is 17.6. The summed E-state index contributed by atoms with van der Waals surface area (Å²) in [6.45, 7) is 2.08. The second-order valence-corrected chi connectivity index (χ2v) is 9.82. The SMILES string of the molecule is C[C@@H](C(=O)Cc1ccc(Cl)cn1)C1C[C@H]2CC(c3ccnc4ccc(F)cc34)C[C@H]2C1. The van der Waals surface area contributed by atoms with Gasteiger partial charge in [0.25, 0.3) is 0 Å². The highest BCUT2D eigenvalue weighted by atomic mass is 35.5. The van der Waals surface area contributed by atoms with E-state index in [1.165, 1.54) is 11.6 Å². The molecule has 31 heavy (non-hydrogen) atoms. The van der Waals surface area contributed by atoms with E-state index >= 15 is 0 Å². The van der Waals surface area contributed by atoms with E-state index in [4.69, 9.17) is 11.6 Å². The maximum Gasteiger partial charge on any atom is 0.141 e. The molecule has 0 amide bonds. The molecule has 0 N–H and O–H groups in total. The van der Waals surface area contributed by atoms with E-state index in [1.54, 1.807) is 24.4 Å². The number of carbonyl (C=O) groups is 1. The summed E-state index contributed by atoms with van der Waals surface area (Å²) >= 11 is 5.90. The number of rotatable bonds is 5. The minimum absolute atomic E-state index is 0.0531. The Bertz CT molecular complexity index is 1100. The van der Waals surface area contributed by atoms with Crippen LogP contribution in [0.4, 0.5) is 4.39 Å². The number of nitrogens with zero attached hydrogens (tertiary/aromatic N) is 2. The number of Topliss-reactive ketones (excluding diaryl/α,β-unsaturated/α-hetero) is 1. The molecule has 3 nitrogen and oxygen atoms in total. The average molecular weight is 437 g/mol. The van der Waals surface area contributed by atoms with E-state index in [2.05, 4.69) is 23.0 Å². The van der Waals surface area contributed by atoms with Crippen LogP contribution in [0.2, 0.25) is 5.02 Å². The number of benzene rings is 1.